The van der Waals surface area contributed by atoms with Gasteiger partial charge >= 0.3 is 0 Å². The van der Waals surface area contributed by atoms with Crippen LogP contribution in [0.25, 0.3) is 5.82 Å². The summed E-state index contributed by atoms with van der Waals surface area (Å²) in [6.45, 7) is 0.822. The number of pyridine rings is 1. The van der Waals surface area contributed by atoms with E-state index >= 15 is 0 Å². The van der Waals surface area contributed by atoms with Gasteiger partial charge in [-0.2, -0.15) is 19.1 Å². The van der Waals surface area contributed by atoms with Crippen LogP contribution in [0.1, 0.15) is 49.6 Å². The lowest BCUT2D eigenvalue weighted by Gasteiger charge is -2.26. The molecule has 2 saturated heterocycles. The first-order valence-corrected chi connectivity index (χ1v) is 10.7. The summed E-state index contributed by atoms with van der Waals surface area (Å²) in [7, 11) is 0. The molecule has 162 valence electrons. The van der Waals surface area contributed by atoms with Crippen LogP contribution in [0.2, 0.25) is 0 Å². The maximum atomic E-state index is 13.6. The van der Waals surface area contributed by atoms with E-state index in [4.69, 9.17) is 0 Å². The molecule has 0 saturated carbocycles. The van der Waals surface area contributed by atoms with Crippen LogP contribution in [0.3, 0.4) is 0 Å². The maximum Gasteiger partial charge on any atom is 0.287 e. The number of carbonyl (C=O) groups excluding carboxylic acids is 1. The molecule has 2 aromatic heterocycles. The molecule has 3 aliphatic rings. The van der Waals surface area contributed by atoms with Gasteiger partial charge in [-0.3, -0.25) is 4.79 Å². The minimum absolute atomic E-state index is 0.0274. The number of nitriles is 1. The third-order valence-corrected chi connectivity index (χ3v) is 6.84. The van der Waals surface area contributed by atoms with Crippen LogP contribution in [-0.4, -0.2) is 43.7 Å². The lowest BCUT2D eigenvalue weighted by Crippen LogP contribution is -2.46. The second-order valence-electron chi connectivity index (χ2n) is 8.91. The minimum atomic E-state index is -3.02. The average molecular weight is 426 g/mol. The number of nitrogens with one attached hydrogen (secondary N) is 1. The van der Waals surface area contributed by atoms with E-state index in [1.165, 1.54) is 10.7 Å². The van der Waals surface area contributed by atoms with Gasteiger partial charge in [0.15, 0.2) is 12.0 Å². The molecule has 4 atom stereocenters. The van der Waals surface area contributed by atoms with Crippen LogP contribution >= 0.6 is 0 Å². The van der Waals surface area contributed by atoms with Gasteiger partial charge in [0, 0.05) is 25.1 Å². The normalized spacial score (nSPS) is 27.1. The Bertz CT molecular complexity index is 1060. The Balaban J connectivity index is 1.28. The molecule has 7 nitrogen and oxygen atoms in total. The van der Waals surface area contributed by atoms with Gasteiger partial charge < -0.3 is 10.2 Å². The number of nitrogens with zero attached hydrogens (tertiary/aromatic N) is 5. The highest BCUT2D eigenvalue weighted by molar-refractivity contribution is 5.79. The van der Waals surface area contributed by atoms with E-state index in [0.717, 1.165) is 37.4 Å². The zero-order valence-electron chi connectivity index (χ0n) is 17.3. The fourth-order valence-corrected chi connectivity index (χ4v) is 5.24. The molecule has 2 bridgehead atoms. The molecule has 2 aliphatic heterocycles. The Labute approximate surface area is 179 Å². The molecule has 0 unspecified atom stereocenters. The molecule has 5 rings (SSSR count). The summed E-state index contributed by atoms with van der Waals surface area (Å²) in [6.07, 6.45) is 8.79. The summed E-state index contributed by atoms with van der Waals surface area (Å²) >= 11 is 0. The predicted molar refractivity (Wildman–Crippen MR) is 107 cm³/mol. The number of hydrogen-bond acceptors (Lipinski definition) is 5. The number of amides is 1. The van der Waals surface area contributed by atoms with Crippen molar-refractivity contribution in [1.29, 1.82) is 5.26 Å². The summed E-state index contributed by atoms with van der Waals surface area (Å²) in [6, 6.07) is 4.92. The highest BCUT2D eigenvalue weighted by atomic mass is 19.3. The molecule has 1 N–H and O–H groups in total. The molecule has 31 heavy (non-hydrogen) atoms. The summed E-state index contributed by atoms with van der Waals surface area (Å²) in [5.74, 6) is -2.81. The number of aryl methyl sites for hydroxylation is 1. The number of rotatable bonds is 4. The smallest absolute Gasteiger partial charge is 0.287 e. The van der Waals surface area contributed by atoms with E-state index in [1.54, 1.807) is 18.3 Å². The van der Waals surface area contributed by atoms with Gasteiger partial charge in [-0.15, -0.1) is 0 Å². The molecule has 0 spiro atoms. The highest BCUT2D eigenvalue weighted by Crippen LogP contribution is 2.37. The second-order valence-corrected chi connectivity index (χ2v) is 8.91. The first-order chi connectivity index (χ1) is 14.8. The lowest BCUT2D eigenvalue weighted by atomic mass is 9.86. The Kier molecular flexibility index (Phi) is 4.68. The highest BCUT2D eigenvalue weighted by Gasteiger charge is 2.47. The number of alkyl halides is 2. The predicted octanol–water partition coefficient (Wildman–Crippen LogP) is 2.69. The Morgan fingerprint density at radius 3 is 2.90 bits per heavy atom. The largest absolute Gasteiger partial charge is 0.351 e. The van der Waals surface area contributed by atoms with Crippen molar-refractivity contribution in [1.82, 2.24) is 25.0 Å². The van der Waals surface area contributed by atoms with Gasteiger partial charge in [-0.1, -0.05) is 6.07 Å². The van der Waals surface area contributed by atoms with Crippen LogP contribution in [-0.2, 0) is 23.6 Å². The fraction of sp³-hybridized carbons (Fsp3) is 0.545. The quantitative estimate of drug-likeness (QED) is 0.760. The molecule has 1 amide bonds. The van der Waals surface area contributed by atoms with E-state index < -0.39 is 5.92 Å². The topological polar surface area (TPSA) is 86.8 Å². The third-order valence-electron chi connectivity index (χ3n) is 6.84. The van der Waals surface area contributed by atoms with Crippen molar-refractivity contribution in [3.63, 3.8) is 0 Å². The molecule has 1 aliphatic carbocycles. The van der Waals surface area contributed by atoms with Crippen LogP contribution in [0.15, 0.2) is 24.4 Å². The van der Waals surface area contributed by atoms with Gasteiger partial charge in [0.1, 0.15) is 5.69 Å². The van der Waals surface area contributed by atoms with E-state index in [1.807, 2.05) is 4.90 Å². The number of fused-ring (bicyclic) bond motifs is 3. The molecular formula is C22H24F2N6O. The summed E-state index contributed by atoms with van der Waals surface area (Å²) in [5.41, 5.74) is 1.54. The monoisotopic (exact) mass is 426 g/mol. The molecule has 9 heteroatoms. The number of carbonyl (C=O) groups is 1. The molecule has 0 radical (unpaired) electrons. The van der Waals surface area contributed by atoms with Crippen molar-refractivity contribution in [2.75, 3.05) is 0 Å². The van der Waals surface area contributed by atoms with Gasteiger partial charge in [0.05, 0.1) is 17.8 Å². The second kappa shape index (κ2) is 7.29. The standard InChI is InChI=1S/C22H24F2N6O/c1-22(23,24)19-3-2-4-20(27-19)30-11-14-9-13(5-7-16(14)28-30)21(31)26-17-10-15-6-8-18(17)29(15)12-25/h2-4,11,13,15,17-18H,5-10H2,1H3,(H,26,31)/t13-,15+,17-,18-/m1/s1. The Morgan fingerprint density at radius 2 is 2.16 bits per heavy atom. The van der Waals surface area contributed by atoms with Crippen molar-refractivity contribution >= 4 is 5.91 Å². The molecule has 2 fully saturated rings. The zero-order valence-corrected chi connectivity index (χ0v) is 17.3. The van der Waals surface area contributed by atoms with E-state index in [-0.39, 0.29) is 35.6 Å². The van der Waals surface area contributed by atoms with Crippen LogP contribution in [0.5, 0.6) is 0 Å². The Morgan fingerprint density at radius 1 is 1.32 bits per heavy atom. The van der Waals surface area contributed by atoms with Gasteiger partial charge in [0.2, 0.25) is 5.91 Å². The fourth-order valence-electron chi connectivity index (χ4n) is 5.24. The number of hydrogen-bond donors (Lipinski definition) is 1. The summed E-state index contributed by atoms with van der Waals surface area (Å²) in [5, 5.41) is 17.0. The van der Waals surface area contributed by atoms with Gasteiger partial charge in [-0.25, -0.2) is 9.67 Å². The van der Waals surface area contributed by atoms with E-state index in [0.29, 0.717) is 25.1 Å². The SMILES string of the molecule is CC(F)(F)c1cccc(-n2cc3c(n2)CC[C@@H](C(=O)N[C@@H]2C[C@@H]4CC[C@H]2N4C#N)C3)n1. The Hall–Kier alpha value is -3.02. The van der Waals surface area contributed by atoms with Gasteiger partial charge in [0.25, 0.3) is 5.92 Å². The van der Waals surface area contributed by atoms with E-state index in [9.17, 15) is 18.8 Å². The van der Waals surface area contributed by atoms with Gasteiger partial charge in [-0.05, 0) is 56.2 Å². The van der Waals surface area contributed by atoms with Crippen molar-refractivity contribution < 1.29 is 13.6 Å². The average Bonchev–Trinajstić information content (AvgIpc) is 3.44. The molecule has 0 aromatic carbocycles. The summed E-state index contributed by atoms with van der Waals surface area (Å²) in [4.78, 5) is 18.8. The minimum Gasteiger partial charge on any atom is -0.351 e. The van der Waals surface area contributed by atoms with Crippen LogP contribution in [0, 0.1) is 17.4 Å². The van der Waals surface area contributed by atoms with Crippen LogP contribution in [0.4, 0.5) is 8.78 Å². The molecule has 2 aromatic rings. The van der Waals surface area contributed by atoms with Crippen LogP contribution < -0.4 is 5.32 Å². The third kappa shape index (κ3) is 3.54. The van der Waals surface area contributed by atoms with Crippen molar-refractivity contribution in [3.8, 4) is 12.0 Å². The molecule has 4 heterocycles. The maximum absolute atomic E-state index is 13.6. The zero-order chi connectivity index (χ0) is 21.8. The van der Waals surface area contributed by atoms with Crippen molar-refractivity contribution in [2.45, 2.75) is 69.5 Å². The first kappa shape index (κ1) is 19.9. The van der Waals surface area contributed by atoms with Crippen molar-refractivity contribution in [3.05, 3.63) is 41.3 Å². The number of aromatic nitrogens is 3. The first-order valence-electron chi connectivity index (χ1n) is 10.7. The summed E-state index contributed by atoms with van der Waals surface area (Å²) < 4.78 is 28.8. The van der Waals surface area contributed by atoms with Crippen molar-refractivity contribution in [2.24, 2.45) is 5.92 Å². The number of halogens is 2. The molecular weight excluding hydrogens is 402 g/mol. The van der Waals surface area contributed by atoms with E-state index in [2.05, 4.69) is 21.6 Å². The lowest BCUT2D eigenvalue weighted by molar-refractivity contribution is -0.126.